The summed E-state index contributed by atoms with van der Waals surface area (Å²) in [5.41, 5.74) is 7.65. The lowest BCUT2D eigenvalue weighted by molar-refractivity contribution is -0.384. The summed E-state index contributed by atoms with van der Waals surface area (Å²) in [6, 6.07) is 2.86. The number of hydrogen-bond acceptors (Lipinski definition) is 3. The van der Waals surface area contributed by atoms with Gasteiger partial charge >= 0.3 is 0 Å². The first-order chi connectivity index (χ1) is 6.59. The fourth-order valence-corrected chi connectivity index (χ4v) is 2.22. The van der Waals surface area contributed by atoms with Gasteiger partial charge in [-0.2, -0.15) is 0 Å². The van der Waals surface area contributed by atoms with E-state index in [1.54, 1.807) is 6.07 Å². The van der Waals surface area contributed by atoms with Gasteiger partial charge in [-0.1, -0.05) is 11.6 Å². The molecule has 0 radical (unpaired) electrons. The minimum Gasteiger partial charge on any atom is -0.324 e. The Morgan fingerprint density at radius 2 is 2.29 bits per heavy atom. The van der Waals surface area contributed by atoms with Gasteiger partial charge in [0.05, 0.1) is 9.95 Å². The van der Waals surface area contributed by atoms with E-state index in [1.165, 1.54) is 6.07 Å². The van der Waals surface area contributed by atoms with Crippen LogP contribution in [0.25, 0.3) is 0 Å². The van der Waals surface area contributed by atoms with Gasteiger partial charge in [-0.3, -0.25) is 10.1 Å². The molecule has 2 N–H and O–H groups in total. The van der Waals surface area contributed by atoms with E-state index in [-0.39, 0.29) is 11.7 Å². The number of halogens is 1. The highest BCUT2D eigenvalue weighted by Crippen LogP contribution is 2.37. The van der Waals surface area contributed by atoms with E-state index in [0.717, 1.165) is 24.0 Å². The lowest BCUT2D eigenvalue weighted by Gasteiger charge is -2.06. The zero-order chi connectivity index (χ0) is 10.3. The molecule has 74 valence electrons. The molecule has 1 aromatic rings. The minimum atomic E-state index is -0.435. The maximum absolute atomic E-state index is 10.6. The molecule has 5 heteroatoms. The van der Waals surface area contributed by atoms with Gasteiger partial charge in [0.1, 0.15) is 0 Å². The smallest absolute Gasteiger partial charge is 0.271 e. The van der Waals surface area contributed by atoms with Crippen LogP contribution >= 0.6 is 11.6 Å². The molecule has 4 nitrogen and oxygen atoms in total. The molecule has 0 heterocycles. The average Bonchev–Trinajstić information content (AvgIpc) is 2.48. The molecular weight excluding hydrogens is 204 g/mol. The van der Waals surface area contributed by atoms with Crippen LogP contribution in [-0.2, 0) is 6.42 Å². The third-order valence-corrected chi connectivity index (χ3v) is 2.82. The third kappa shape index (κ3) is 1.36. The Kier molecular flexibility index (Phi) is 2.17. The first-order valence-electron chi connectivity index (χ1n) is 4.32. The number of benzene rings is 1. The normalized spacial score (nSPS) is 19.4. The maximum atomic E-state index is 10.6. The van der Waals surface area contributed by atoms with Crippen LogP contribution in [0.2, 0.25) is 5.02 Å². The Morgan fingerprint density at radius 3 is 2.93 bits per heavy atom. The van der Waals surface area contributed by atoms with Crippen LogP contribution < -0.4 is 5.73 Å². The second-order valence-electron chi connectivity index (χ2n) is 3.40. The molecule has 0 aromatic heterocycles. The molecule has 0 saturated carbocycles. The van der Waals surface area contributed by atoms with E-state index in [4.69, 9.17) is 17.3 Å². The SMILES string of the molecule is N[C@H]1CCc2cc([N+](=O)[O-])cc(Cl)c21. The summed E-state index contributed by atoms with van der Waals surface area (Å²) in [5, 5.41) is 11.0. The molecule has 14 heavy (non-hydrogen) atoms. The van der Waals surface area contributed by atoms with E-state index in [1.807, 2.05) is 0 Å². The van der Waals surface area contributed by atoms with E-state index in [9.17, 15) is 10.1 Å². The predicted molar refractivity (Wildman–Crippen MR) is 53.4 cm³/mol. The van der Waals surface area contributed by atoms with Crippen LogP contribution in [0.3, 0.4) is 0 Å². The van der Waals surface area contributed by atoms with Crippen LogP contribution in [0.1, 0.15) is 23.6 Å². The molecule has 0 spiro atoms. The van der Waals surface area contributed by atoms with Crippen molar-refractivity contribution in [3.63, 3.8) is 0 Å². The van der Waals surface area contributed by atoms with Gasteiger partial charge in [-0.05, 0) is 24.0 Å². The van der Waals surface area contributed by atoms with Gasteiger partial charge in [0, 0.05) is 18.2 Å². The van der Waals surface area contributed by atoms with E-state index in [2.05, 4.69) is 0 Å². The molecule has 2 rings (SSSR count). The van der Waals surface area contributed by atoms with Gasteiger partial charge in [0.25, 0.3) is 5.69 Å². The molecular formula is C9H9ClN2O2. The zero-order valence-electron chi connectivity index (χ0n) is 7.37. The summed E-state index contributed by atoms with van der Waals surface area (Å²) >= 11 is 5.93. The standard InChI is InChI=1S/C9H9ClN2O2/c10-7-4-6(12(13)14)3-5-1-2-8(11)9(5)7/h3-4,8H,1-2,11H2/t8-/m0/s1. The zero-order valence-corrected chi connectivity index (χ0v) is 8.12. The number of rotatable bonds is 1. The first kappa shape index (κ1) is 9.43. The Bertz CT molecular complexity index is 406. The van der Waals surface area contributed by atoms with Gasteiger partial charge < -0.3 is 5.73 Å². The second-order valence-corrected chi connectivity index (χ2v) is 3.81. The first-order valence-corrected chi connectivity index (χ1v) is 4.69. The Hall–Kier alpha value is -1.13. The van der Waals surface area contributed by atoms with Crippen LogP contribution in [0.15, 0.2) is 12.1 Å². The molecule has 1 atom stereocenters. The molecule has 0 unspecified atom stereocenters. The molecule has 0 saturated heterocycles. The lowest BCUT2D eigenvalue weighted by atomic mass is 10.1. The summed E-state index contributed by atoms with van der Waals surface area (Å²) in [4.78, 5) is 10.1. The summed E-state index contributed by atoms with van der Waals surface area (Å²) < 4.78 is 0. The fourth-order valence-electron chi connectivity index (χ4n) is 1.84. The average molecular weight is 213 g/mol. The number of nitrogens with two attached hydrogens (primary N) is 1. The Balaban J connectivity index is 2.57. The predicted octanol–water partition coefficient (Wildman–Crippen LogP) is 2.19. The minimum absolute atomic E-state index is 0.0443. The van der Waals surface area contributed by atoms with Crippen LogP contribution in [-0.4, -0.2) is 4.92 Å². The molecule has 0 bridgehead atoms. The van der Waals surface area contributed by atoms with Gasteiger partial charge in [-0.15, -0.1) is 0 Å². The monoisotopic (exact) mass is 212 g/mol. The largest absolute Gasteiger partial charge is 0.324 e. The highest BCUT2D eigenvalue weighted by atomic mass is 35.5. The van der Waals surface area contributed by atoms with Crippen molar-refractivity contribution in [2.45, 2.75) is 18.9 Å². The maximum Gasteiger partial charge on any atom is 0.271 e. The van der Waals surface area contributed by atoms with Crippen molar-refractivity contribution < 1.29 is 4.92 Å². The molecule has 1 aliphatic rings. The molecule has 0 amide bonds. The van der Waals surface area contributed by atoms with Crippen molar-refractivity contribution in [1.29, 1.82) is 0 Å². The number of nitro groups is 1. The summed E-state index contributed by atoms with van der Waals surface area (Å²) in [7, 11) is 0. The van der Waals surface area contributed by atoms with Crippen molar-refractivity contribution in [2.24, 2.45) is 5.73 Å². The number of fused-ring (bicyclic) bond motifs is 1. The van der Waals surface area contributed by atoms with Gasteiger partial charge in [-0.25, -0.2) is 0 Å². The number of aryl methyl sites for hydroxylation is 1. The number of nitrogens with zero attached hydrogens (tertiary/aromatic N) is 1. The van der Waals surface area contributed by atoms with Gasteiger partial charge in [0.15, 0.2) is 0 Å². The highest BCUT2D eigenvalue weighted by Gasteiger charge is 2.24. The third-order valence-electron chi connectivity index (χ3n) is 2.51. The Labute approximate surface area is 85.8 Å². The fraction of sp³-hybridized carbons (Fsp3) is 0.333. The lowest BCUT2D eigenvalue weighted by Crippen LogP contribution is -2.06. The van der Waals surface area contributed by atoms with E-state index in [0.29, 0.717) is 5.02 Å². The molecule has 0 aliphatic heterocycles. The molecule has 0 fully saturated rings. The van der Waals surface area contributed by atoms with Crippen molar-refractivity contribution in [2.75, 3.05) is 0 Å². The van der Waals surface area contributed by atoms with Crippen LogP contribution in [0.4, 0.5) is 5.69 Å². The van der Waals surface area contributed by atoms with Crippen molar-refractivity contribution in [3.05, 3.63) is 38.4 Å². The van der Waals surface area contributed by atoms with Crippen LogP contribution in [0, 0.1) is 10.1 Å². The van der Waals surface area contributed by atoms with E-state index >= 15 is 0 Å². The number of non-ortho nitro benzene ring substituents is 1. The summed E-state index contributed by atoms with van der Waals surface area (Å²) in [6.45, 7) is 0. The summed E-state index contributed by atoms with van der Waals surface area (Å²) in [6.07, 6.45) is 1.59. The Morgan fingerprint density at radius 1 is 1.57 bits per heavy atom. The van der Waals surface area contributed by atoms with Crippen molar-refractivity contribution in [1.82, 2.24) is 0 Å². The molecule has 1 aromatic carbocycles. The second kappa shape index (κ2) is 3.22. The highest BCUT2D eigenvalue weighted by molar-refractivity contribution is 6.31. The number of hydrogen-bond donors (Lipinski definition) is 1. The van der Waals surface area contributed by atoms with E-state index < -0.39 is 4.92 Å². The van der Waals surface area contributed by atoms with Gasteiger partial charge in [0.2, 0.25) is 0 Å². The van der Waals surface area contributed by atoms with Crippen molar-refractivity contribution >= 4 is 17.3 Å². The topological polar surface area (TPSA) is 69.2 Å². The quantitative estimate of drug-likeness (QED) is 0.573. The van der Waals surface area contributed by atoms with Crippen molar-refractivity contribution in [3.8, 4) is 0 Å². The molecule has 1 aliphatic carbocycles. The number of nitro benzene ring substituents is 1. The van der Waals surface area contributed by atoms with Crippen LogP contribution in [0.5, 0.6) is 0 Å². The summed E-state index contributed by atoms with van der Waals surface area (Å²) in [5.74, 6) is 0.